The van der Waals surface area contributed by atoms with Gasteiger partial charge in [-0.05, 0) is 37.8 Å². The summed E-state index contributed by atoms with van der Waals surface area (Å²) in [4.78, 5) is 4.68. The fourth-order valence-electron chi connectivity index (χ4n) is 3.14. The molecule has 1 aromatic heterocycles. The molecule has 19 heavy (non-hydrogen) atoms. The molecule has 3 nitrogen and oxygen atoms in total. The highest BCUT2D eigenvalue weighted by molar-refractivity contribution is 5.76. The van der Waals surface area contributed by atoms with E-state index in [-0.39, 0.29) is 11.9 Å². The fraction of sp³-hybridized carbons (Fsp3) is 0.533. The summed E-state index contributed by atoms with van der Waals surface area (Å²) >= 11 is 0. The fourth-order valence-corrected chi connectivity index (χ4v) is 3.14. The molecule has 0 spiro atoms. The molecule has 0 bridgehead atoms. The van der Waals surface area contributed by atoms with E-state index in [1.807, 2.05) is 6.07 Å². The number of rotatable bonds is 3. The first-order chi connectivity index (χ1) is 9.19. The lowest BCUT2D eigenvalue weighted by molar-refractivity contribution is 0.577. The van der Waals surface area contributed by atoms with E-state index >= 15 is 0 Å². The lowest BCUT2D eigenvalue weighted by Gasteiger charge is -2.13. The Labute approximate surface area is 112 Å². The molecule has 0 saturated heterocycles. The van der Waals surface area contributed by atoms with E-state index in [0.29, 0.717) is 5.92 Å². The van der Waals surface area contributed by atoms with E-state index in [4.69, 9.17) is 5.73 Å². The molecule has 4 heteroatoms. The third-order valence-electron chi connectivity index (χ3n) is 4.03. The lowest BCUT2D eigenvalue weighted by atomic mass is 10.1. The molecule has 2 atom stereocenters. The van der Waals surface area contributed by atoms with Crippen molar-refractivity contribution < 1.29 is 4.39 Å². The van der Waals surface area contributed by atoms with Crippen molar-refractivity contribution in [2.24, 2.45) is 5.73 Å². The average Bonchev–Trinajstić information content (AvgIpc) is 2.94. The number of aromatic nitrogens is 2. The van der Waals surface area contributed by atoms with Crippen LogP contribution < -0.4 is 5.73 Å². The maximum absolute atomic E-state index is 13.3. The van der Waals surface area contributed by atoms with E-state index in [9.17, 15) is 4.39 Å². The Hall–Kier alpha value is -1.42. The minimum atomic E-state index is -0.219. The standard InChI is InChI=1S/C15H20FN3/c1-2-7-19-14-6-4-11(16)9-13(14)18-15(19)10-3-5-12(17)8-10/h4,6,9-10,12H,2-3,5,7-8,17H2,1H3/t10-,12+/m1/s1. The molecular formula is C15H20FN3. The van der Waals surface area contributed by atoms with Crippen LogP contribution in [0.5, 0.6) is 0 Å². The molecule has 102 valence electrons. The van der Waals surface area contributed by atoms with E-state index in [1.165, 1.54) is 12.1 Å². The zero-order chi connectivity index (χ0) is 13.4. The van der Waals surface area contributed by atoms with Crippen LogP contribution in [0.4, 0.5) is 4.39 Å². The minimum Gasteiger partial charge on any atom is -0.328 e. The maximum Gasteiger partial charge on any atom is 0.125 e. The van der Waals surface area contributed by atoms with Crippen molar-refractivity contribution in [3.8, 4) is 0 Å². The van der Waals surface area contributed by atoms with Crippen molar-refractivity contribution in [2.45, 2.75) is 51.1 Å². The van der Waals surface area contributed by atoms with Crippen molar-refractivity contribution in [1.29, 1.82) is 0 Å². The Morgan fingerprint density at radius 2 is 2.26 bits per heavy atom. The summed E-state index contributed by atoms with van der Waals surface area (Å²) in [7, 11) is 0. The van der Waals surface area contributed by atoms with Gasteiger partial charge >= 0.3 is 0 Å². The van der Waals surface area contributed by atoms with Gasteiger partial charge in [-0.15, -0.1) is 0 Å². The largest absolute Gasteiger partial charge is 0.328 e. The molecule has 3 rings (SSSR count). The van der Waals surface area contributed by atoms with Crippen LogP contribution in [-0.4, -0.2) is 15.6 Å². The van der Waals surface area contributed by atoms with Crippen molar-refractivity contribution >= 4 is 11.0 Å². The third-order valence-corrected chi connectivity index (χ3v) is 4.03. The summed E-state index contributed by atoms with van der Waals surface area (Å²) in [5.41, 5.74) is 7.82. The summed E-state index contributed by atoms with van der Waals surface area (Å²) in [6.07, 6.45) is 4.20. The molecule has 1 aromatic carbocycles. The lowest BCUT2D eigenvalue weighted by Crippen LogP contribution is -2.15. The summed E-state index contributed by atoms with van der Waals surface area (Å²) in [6.45, 7) is 3.09. The average molecular weight is 261 g/mol. The van der Waals surface area contributed by atoms with E-state index in [2.05, 4.69) is 16.5 Å². The molecule has 1 fully saturated rings. The van der Waals surface area contributed by atoms with Gasteiger partial charge in [0.15, 0.2) is 0 Å². The van der Waals surface area contributed by atoms with Crippen molar-refractivity contribution in [3.05, 3.63) is 29.8 Å². The van der Waals surface area contributed by atoms with Crippen LogP contribution in [0.15, 0.2) is 18.2 Å². The molecule has 2 aromatic rings. The molecule has 1 aliphatic carbocycles. The zero-order valence-corrected chi connectivity index (χ0v) is 11.3. The highest BCUT2D eigenvalue weighted by Gasteiger charge is 2.27. The third kappa shape index (κ3) is 2.25. The summed E-state index contributed by atoms with van der Waals surface area (Å²) in [5.74, 6) is 1.30. The minimum absolute atomic E-state index is 0.219. The molecule has 0 unspecified atom stereocenters. The van der Waals surface area contributed by atoms with Crippen molar-refractivity contribution in [1.82, 2.24) is 9.55 Å². The molecule has 0 aliphatic heterocycles. The monoisotopic (exact) mass is 261 g/mol. The quantitative estimate of drug-likeness (QED) is 0.922. The summed E-state index contributed by atoms with van der Waals surface area (Å²) in [5, 5.41) is 0. The summed E-state index contributed by atoms with van der Waals surface area (Å²) in [6, 6.07) is 5.17. The van der Waals surface area contributed by atoms with Crippen LogP contribution in [0.25, 0.3) is 11.0 Å². The predicted octanol–water partition coefficient (Wildman–Crippen LogP) is 3.18. The predicted molar refractivity (Wildman–Crippen MR) is 74.5 cm³/mol. The van der Waals surface area contributed by atoms with Gasteiger partial charge in [0, 0.05) is 24.6 Å². The van der Waals surface area contributed by atoms with E-state index in [0.717, 1.165) is 49.1 Å². The Balaban J connectivity index is 2.09. The van der Waals surface area contributed by atoms with Crippen molar-refractivity contribution in [3.63, 3.8) is 0 Å². The van der Waals surface area contributed by atoms with Crippen molar-refractivity contribution in [2.75, 3.05) is 0 Å². The van der Waals surface area contributed by atoms with E-state index in [1.54, 1.807) is 0 Å². The first-order valence-corrected chi connectivity index (χ1v) is 7.10. The molecule has 2 N–H and O–H groups in total. The Kier molecular flexibility index (Phi) is 3.27. The second-order valence-electron chi connectivity index (χ2n) is 5.52. The van der Waals surface area contributed by atoms with Gasteiger partial charge in [0.1, 0.15) is 11.6 Å². The number of nitrogens with zero attached hydrogens (tertiary/aromatic N) is 2. The first-order valence-electron chi connectivity index (χ1n) is 7.10. The SMILES string of the molecule is CCCn1c([C@@H]2CC[C@H](N)C2)nc2cc(F)ccc21. The van der Waals surface area contributed by atoms with Gasteiger partial charge in [-0.25, -0.2) is 9.37 Å². The molecular weight excluding hydrogens is 241 g/mol. The van der Waals surface area contributed by atoms with Crippen LogP contribution in [0.3, 0.4) is 0 Å². The number of hydrogen-bond donors (Lipinski definition) is 1. The van der Waals surface area contributed by atoms with Gasteiger partial charge in [-0.3, -0.25) is 0 Å². The molecule has 1 aliphatic rings. The van der Waals surface area contributed by atoms with Crippen LogP contribution in [-0.2, 0) is 6.54 Å². The number of benzene rings is 1. The Morgan fingerprint density at radius 3 is 2.95 bits per heavy atom. The summed E-state index contributed by atoms with van der Waals surface area (Å²) < 4.78 is 15.6. The van der Waals surface area contributed by atoms with Crippen LogP contribution in [0.1, 0.15) is 44.3 Å². The number of nitrogens with two attached hydrogens (primary N) is 1. The second kappa shape index (κ2) is 4.93. The number of aryl methyl sites for hydroxylation is 1. The molecule has 1 saturated carbocycles. The van der Waals surface area contributed by atoms with Gasteiger partial charge in [-0.2, -0.15) is 0 Å². The first kappa shape index (κ1) is 12.6. The number of halogens is 1. The molecule has 0 amide bonds. The Bertz CT molecular complexity index is 590. The highest BCUT2D eigenvalue weighted by atomic mass is 19.1. The van der Waals surface area contributed by atoms with Gasteiger partial charge < -0.3 is 10.3 Å². The number of hydrogen-bond acceptors (Lipinski definition) is 2. The highest BCUT2D eigenvalue weighted by Crippen LogP contribution is 2.35. The van der Waals surface area contributed by atoms with Crippen LogP contribution in [0.2, 0.25) is 0 Å². The molecule has 0 radical (unpaired) electrons. The topological polar surface area (TPSA) is 43.8 Å². The van der Waals surface area contributed by atoms with Gasteiger partial charge in [-0.1, -0.05) is 6.92 Å². The molecule has 1 heterocycles. The van der Waals surface area contributed by atoms with Gasteiger partial charge in [0.25, 0.3) is 0 Å². The van der Waals surface area contributed by atoms with Gasteiger partial charge in [0.05, 0.1) is 11.0 Å². The number of imidazole rings is 1. The normalized spacial score (nSPS) is 23.3. The zero-order valence-electron chi connectivity index (χ0n) is 11.3. The second-order valence-corrected chi connectivity index (χ2v) is 5.52. The smallest absolute Gasteiger partial charge is 0.125 e. The van der Waals surface area contributed by atoms with Crippen LogP contribution in [0, 0.1) is 5.82 Å². The van der Waals surface area contributed by atoms with Gasteiger partial charge in [0.2, 0.25) is 0 Å². The maximum atomic E-state index is 13.3. The number of fused-ring (bicyclic) bond motifs is 1. The van der Waals surface area contributed by atoms with Crippen LogP contribution >= 0.6 is 0 Å². The van der Waals surface area contributed by atoms with E-state index < -0.39 is 0 Å². The Morgan fingerprint density at radius 1 is 1.42 bits per heavy atom.